The Morgan fingerprint density at radius 1 is 1.39 bits per heavy atom. The van der Waals surface area contributed by atoms with Crippen LogP contribution in [0.4, 0.5) is 0 Å². The molecule has 0 spiro atoms. The van der Waals surface area contributed by atoms with Crippen molar-refractivity contribution in [2.75, 3.05) is 0 Å². The van der Waals surface area contributed by atoms with Crippen LogP contribution in [0.2, 0.25) is 0 Å². The molecule has 0 atom stereocenters. The Balaban J connectivity index is 1.95. The quantitative estimate of drug-likeness (QED) is 0.869. The summed E-state index contributed by atoms with van der Waals surface area (Å²) in [7, 11) is 0. The molecule has 0 bridgehead atoms. The van der Waals surface area contributed by atoms with Crippen LogP contribution >= 0.6 is 0 Å². The molecule has 0 amide bonds. The molecule has 2 rings (SSSR count). The minimum Gasteiger partial charge on any atom is -0.484 e. The number of rotatable bonds is 5. The zero-order chi connectivity index (χ0) is 13.0. The summed E-state index contributed by atoms with van der Waals surface area (Å²) in [5, 5.41) is 12.5. The normalized spacial score (nSPS) is 10.3. The van der Waals surface area contributed by atoms with Crippen LogP contribution in [0.1, 0.15) is 29.0 Å². The number of hydrogen-bond donors (Lipinski definition) is 1. The van der Waals surface area contributed by atoms with Gasteiger partial charge in [-0.2, -0.15) is 4.98 Å². The van der Waals surface area contributed by atoms with Crippen LogP contribution in [0.15, 0.2) is 28.8 Å². The zero-order valence-corrected chi connectivity index (χ0v) is 9.79. The molecule has 0 aliphatic heterocycles. The molecule has 1 heterocycles. The van der Waals surface area contributed by atoms with Crippen LogP contribution in [0.25, 0.3) is 0 Å². The predicted octanol–water partition coefficient (Wildman–Crippen LogP) is 1.91. The second-order valence-corrected chi connectivity index (χ2v) is 3.58. The molecule has 0 aliphatic carbocycles. The molecule has 1 N–H and O–H groups in total. The van der Waals surface area contributed by atoms with Crippen LogP contribution < -0.4 is 4.74 Å². The van der Waals surface area contributed by atoms with Gasteiger partial charge in [0.1, 0.15) is 5.75 Å². The smallest absolute Gasteiger partial charge is 0.335 e. The lowest BCUT2D eigenvalue weighted by molar-refractivity contribution is 0.0697. The number of carboxylic acids is 1. The van der Waals surface area contributed by atoms with Crippen LogP contribution in [0, 0.1) is 0 Å². The van der Waals surface area contributed by atoms with Crippen molar-refractivity contribution in [2.45, 2.75) is 20.0 Å². The van der Waals surface area contributed by atoms with E-state index in [0.717, 1.165) is 0 Å². The second kappa shape index (κ2) is 5.31. The molecule has 94 valence electrons. The number of aryl methyl sites for hydroxylation is 1. The molecule has 18 heavy (non-hydrogen) atoms. The lowest BCUT2D eigenvalue weighted by atomic mass is 10.2. The third-order valence-electron chi connectivity index (χ3n) is 2.29. The molecule has 1 aromatic heterocycles. The fraction of sp³-hybridized carbons (Fsp3) is 0.250. The molecule has 2 aromatic rings. The Hall–Kier alpha value is -2.37. The van der Waals surface area contributed by atoms with Gasteiger partial charge in [-0.1, -0.05) is 12.1 Å². The summed E-state index contributed by atoms with van der Waals surface area (Å²) in [4.78, 5) is 14.7. The number of carboxylic acid groups (broad SMARTS) is 1. The third-order valence-corrected chi connectivity index (χ3v) is 2.29. The highest BCUT2D eigenvalue weighted by atomic mass is 16.5. The summed E-state index contributed by atoms with van der Waals surface area (Å²) >= 11 is 0. The van der Waals surface area contributed by atoms with Gasteiger partial charge in [-0.05, 0) is 24.3 Å². The molecule has 0 unspecified atom stereocenters. The van der Waals surface area contributed by atoms with E-state index in [0.29, 0.717) is 23.9 Å². The zero-order valence-electron chi connectivity index (χ0n) is 9.79. The molecule has 6 nitrogen and oxygen atoms in total. The van der Waals surface area contributed by atoms with E-state index >= 15 is 0 Å². The maximum Gasteiger partial charge on any atom is 0.335 e. The summed E-state index contributed by atoms with van der Waals surface area (Å²) in [5.41, 5.74) is 0.216. The molecule has 6 heteroatoms. The Morgan fingerprint density at radius 2 is 2.11 bits per heavy atom. The molecule has 0 aliphatic rings. The van der Waals surface area contributed by atoms with Crippen molar-refractivity contribution in [1.82, 2.24) is 10.1 Å². The van der Waals surface area contributed by atoms with Crippen LogP contribution in [-0.2, 0) is 13.0 Å². The first-order valence-corrected chi connectivity index (χ1v) is 5.46. The largest absolute Gasteiger partial charge is 0.484 e. The molecular weight excluding hydrogens is 236 g/mol. The molecule has 0 fully saturated rings. The minimum atomic E-state index is -0.967. The molecular formula is C12H12N2O4. The lowest BCUT2D eigenvalue weighted by Crippen LogP contribution is -1.98. The highest BCUT2D eigenvalue weighted by molar-refractivity contribution is 5.87. The second-order valence-electron chi connectivity index (χ2n) is 3.58. The summed E-state index contributed by atoms with van der Waals surface area (Å²) in [5.74, 6) is 0.617. The summed E-state index contributed by atoms with van der Waals surface area (Å²) in [6, 6.07) is 6.12. The van der Waals surface area contributed by atoms with Gasteiger partial charge in [0.05, 0.1) is 5.56 Å². The van der Waals surface area contributed by atoms with Crippen molar-refractivity contribution >= 4 is 5.97 Å². The van der Waals surface area contributed by atoms with Gasteiger partial charge in [0.2, 0.25) is 0 Å². The fourth-order valence-corrected chi connectivity index (χ4v) is 1.33. The average molecular weight is 248 g/mol. The van der Waals surface area contributed by atoms with Crippen molar-refractivity contribution in [3.05, 3.63) is 41.5 Å². The SMILES string of the molecule is CCc1noc(COc2ccc(C(=O)O)cc2)n1. The topological polar surface area (TPSA) is 85.5 Å². The van der Waals surface area contributed by atoms with E-state index in [1.165, 1.54) is 12.1 Å². The molecule has 0 saturated heterocycles. The number of benzene rings is 1. The number of aromatic nitrogens is 2. The number of ether oxygens (including phenoxy) is 1. The molecule has 0 saturated carbocycles. The number of hydrogen-bond acceptors (Lipinski definition) is 5. The summed E-state index contributed by atoms with van der Waals surface area (Å²) in [6.07, 6.45) is 0.705. The Bertz CT molecular complexity index is 533. The van der Waals surface area contributed by atoms with Gasteiger partial charge in [0.25, 0.3) is 5.89 Å². The van der Waals surface area contributed by atoms with Crippen molar-refractivity contribution in [1.29, 1.82) is 0 Å². The number of nitrogens with zero attached hydrogens (tertiary/aromatic N) is 2. The molecule has 0 radical (unpaired) electrons. The third kappa shape index (κ3) is 2.85. The van der Waals surface area contributed by atoms with E-state index in [-0.39, 0.29) is 12.2 Å². The van der Waals surface area contributed by atoms with Crippen molar-refractivity contribution in [3.63, 3.8) is 0 Å². The summed E-state index contributed by atoms with van der Waals surface area (Å²) in [6.45, 7) is 2.10. The van der Waals surface area contributed by atoms with E-state index in [1.807, 2.05) is 6.92 Å². The summed E-state index contributed by atoms with van der Waals surface area (Å²) < 4.78 is 10.4. The first-order chi connectivity index (χ1) is 8.69. The van der Waals surface area contributed by atoms with Crippen molar-refractivity contribution in [3.8, 4) is 5.75 Å². The maximum absolute atomic E-state index is 10.7. The van der Waals surface area contributed by atoms with Gasteiger partial charge in [0.15, 0.2) is 12.4 Å². The Kier molecular flexibility index (Phi) is 3.57. The van der Waals surface area contributed by atoms with Crippen LogP contribution in [0.3, 0.4) is 0 Å². The minimum absolute atomic E-state index is 0.166. The van der Waals surface area contributed by atoms with Gasteiger partial charge < -0.3 is 14.4 Å². The monoisotopic (exact) mass is 248 g/mol. The van der Waals surface area contributed by atoms with Gasteiger partial charge in [-0.15, -0.1) is 0 Å². The molecule has 1 aromatic carbocycles. The predicted molar refractivity (Wildman–Crippen MR) is 61.4 cm³/mol. The maximum atomic E-state index is 10.7. The lowest BCUT2D eigenvalue weighted by Gasteiger charge is -2.02. The fourth-order valence-electron chi connectivity index (χ4n) is 1.33. The van der Waals surface area contributed by atoms with Crippen LogP contribution in [0.5, 0.6) is 5.75 Å². The van der Waals surface area contributed by atoms with Gasteiger partial charge in [-0.3, -0.25) is 0 Å². The van der Waals surface area contributed by atoms with E-state index in [1.54, 1.807) is 12.1 Å². The first-order valence-electron chi connectivity index (χ1n) is 5.46. The van der Waals surface area contributed by atoms with Gasteiger partial charge in [-0.25, -0.2) is 4.79 Å². The van der Waals surface area contributed by atoms with E-state index in [9.17, 15) is 4.79 Å². The Labute approximate surface area is 103 Å². The van der Waals surface area contributed by atoms with Crippen LogP contribution in [-0.4, -0.2) is 21.2 Å². The average Bonchev–Trinajstić information content (AvgIpc) is 2.85. The van der Waals surface area contributed by atoms with Crippen molar-refractivity contribution < 1.29 is 19.2 Å². The Morgan fingerprint density at radius 3 is 2.67 bits per heavy atom. The highest BCUT2D eigenvalue weighted by Gasteiger charge is 2.06. The number of aromatic carboxylic acids is 1. The van der Waals surface area contributed by atoms with Gasteiger partial charge >= 0.3 is 5.97 Å². The highest BCUT2D eigenvalue weighted by Crippen LogP contribution is 2.13. The van der Waals surface area contributed by atoms with E-state index in [4.69, 9.17) is 14.4 Å². The van der Waals surface area contributed by atoms with Crippen molar-refractivity contribution in [2.24, 2.45) is 0 Å². The standard InChI is InChI=1S/C12H12N2O4/c1-2-10-13-11(18-14-10)7-17-9-5-3-8(4-6-9)12(15)16/h3-6H,2,7H2,1H3,(H,15,16). The first kappa shape index (κ1) is 12.1. The number of carbonyl (C=O) groups is 1. The van der Waals surface area contributed by atoms with Gasteiger partial charge in [0, 0.05) is 6.42 Å². The van der Waals surface area contributed by atoms with E-state index < -0.39 is 5.97 Å². The van der Waals surface area contributed by atoms with E-state index in [2.05, 4.69) is 10.1 Å².